The van der Waals surface area contributed by atoms with E-state index >= 15 is 0 Å². The largest absolute Gasteiger partial charge is 0.420 e. The third kappa shape index (κ3) is 4.21. The van der Waals surface area contributed by atoms with Gasteiger partial charge in [0.05, 0.1) is 30.0 Å². The van der Waals surface area contributed by atoms with Crippen molar-refractivity contribution < 1.29 is 18.0 Å². The molecule has 0 aliphatic rings. The predicted molar refractivity (Wildman–Crippen MR) is 110 cm³/mol. The molecule has 0 atom stereocenters. The number of anilines is 1. The van der Waals surface area contributed by atoms with E-state index in [0.29, 0.717) is 11.5 Å². The minimum absolute atomic E-state index is 0.00219. The van der Waals surface area contributed by atoms with Crippen molar-refractivity contribution in [1.29, 1.82) is 5.26 Å². The lowest BCUT2D eigenvalue weighted by Gasteiger charge is -2.11. The lowest BCUT2D eigenvalue weighted by atomic mass is 10.1. The van der Waals surface area contributed by atoms with Crippen LogP contribution in [0.4, 0.5) is 18.9 Å². The number of hydrogen-bond donors (Lipinski definition) is 1. The van der Waals surface area contributed by atoms with Crippen LogP contribution in [0.3, 0.4) is 0 Å². The summed E-state index contributed by atoms with van der Waals surface area (Å²) in [5, 5.41) is 19.4. The second-order valence-corrected chi connectivity index (χ2v) is 7.35. The first-order chi connectivity index (χ1) is 15.7. The minimum atomic E-state index is -4.89. The Hall–Kier alpha value is -4.38. The highest BCUT2D eigenvalue weighted by Crippen LogP contribution is 2.41. The highest BCUT2D eigenvalue weighted by atomic mass is 32.1. The molecule has 4 aromatic heterocycles. The molecule has 0 aliphatic carbocycles. The van der Waals surface area contributed by atoms with Crippen LogP contribution >= 0.6 is 11.5 Å². The fraction of sp³-hybridized carbons (Fsp3) is 0.105. The number of rotatable bonds is 4. The van der Waals surface area contributed by atoms with Crippen LogP contribution in [0.25, 0.3) is 17.1 Å². The van der Waals surface area contributed by atoms with Crippen molar-refractivity contribution in [3.8, 4) is 23.1 Å². The van der Waals surface area contributed by atoms with E-state index in [4.69, 9.17) is 0 Å². The molecule has 0 saturated heterocycles. The first-order valence-electron chi connectivity index (χ1n) is 9.01. The van der Waals surface area contributed by atoms with Crippen molar-refractivity contribution >= 4 is 23.1 Å². The van der Waals surface area contributed by atoms with Gasteiger partial charge in [-0.15, -0.1) is 4.80 Å². The molecular formula is C19H11F3N8O2S. The van der Waals surface area contributed by atoms with Crippen molar-refractivity contribution in [1.82, 2.24) is 28.9 Å². The number of aryl methyl sites for hydroxylation is 1. The Morgan fingerprint density at radius 3 is 2.61 bits per heavy atom. The van der Waals surface area contributed by atoms with Crippen molar-refractivity contribution in [2.45, 2.75) is 6.18 Å². The Kier molecular flexibility index (Phi) is 5.48. The van der Waals surface area contributed by atoms with E-state index in [9.17, 15) is 28.0 Å². The number of nitriles is 1. The summed E-state index contributed by atoms with van der Waals surface area (Å²) in [6.45, 7) is 0. The fourth-order valence-electron chi connectivity index (χ4n) is 2.92. The third-order valence-corrected chi connectivity index (χ3v) is 5.24. The molecule has 4 rings (SSSR count). The van der Waals surface area contributed by atoms with Crippen LogP contribution in [-0.2, 0) is 13.2 Å². The predicted octanol–water partition coefficient (Wildman–Crippen LogP) is 2.63. The van der Waals surface area contributed by atoms with Gasteiger partial charge in [0.1, 0.15) is 22.1 Å². The molecule has 0 spiro atoms. The summed E-state index contributed by atoms with van der Waals surface area (Å²) in [4.78, 5) is 28.7. The maximum absolute atomic E-state index is 13.9. The molecule has 0 fully saturated rings. The van der Waals surface area contributed by atoms with Gasteiger partial charge in [0.25, 0.3) is 5.91 Å². The van der Waals surface area contributed by atoms with E-state index < -0.39 is 33.8 Å². The summed E-state index contributed by atoms with van der Waals surface area (Å²) in [6.07, 6.45) is 0.237. The number of nitrogens with one attached hydrogen (secondary N) is 1. The molecule has 10 nitrogen and oxygen atoms in total. The fourth-order valence-corrected chi connectivity index (χ4v) is 3.74. The third-order valence-electron chi connectivity index (χ3n) is 4.39. The van der Waals surface area contributed by atoms with Crippen LogP contribution < -0.4 is 10.9 Å². The van der Waals surface area contributed by atoms with Crippen molar-refractivity contribution in [3.05, 3.63) is 69.3 Å². The Morgan fingerprint density at radius 1 is 1.24 bits per heavy atom. The van der Waals surface area contributed by atoms with Crippen LogP contribution in [0.1, 0.15) is 20.8 Å². The molecule has 14 heteroatoms. The lowest BCUT2D eigenvalue weighted by Crippen LogP contribution is -2.18. The van der Waals surface area contributed by atoms with Crippen LogP contribution in [0.5, 0.6) is 0 Å². The quantitative estimate of drug-likeness (QED) is 0.483. The average Bonchev–Trinajstić information content (AvgIpc) is 3.45. The monoisotopic (exact) mass is 472 g/mol. The molecule has 0 aliphatic heterocycles. The van der Waals surface area contributed by atoms with Gasteiger partial charge in [0.2, 0.25) is 5.56 Å². The standard InChI is InChI=1S/C19H11F3N8O2S/c1-29-9-10(2-3-13(29)31)15-14(19(20,21)22)16(33-28-15)18(32)27-12-6-11(7-23)17(24-8-12)30-25-4-5-26-30/h2-6,8-9H,1H3,(H,27,32). The van der Waals surface area contributed by atoms with Crippen molar-refractivity contribution in [3.63, 3.8) is 0 Å². The highest BCUT2D eigenvalue weighted by molar-refractivity contribution is 7.08. The number of halogens is 3. The van der Waals surface area contributed by atoms with Gasteiger partial charge >= 0.3 is 6.18 Å². The SMILES string of the molecule is Cn1cc(-c2nsc(C(=O)Nc3cnc(-n4nccn4)c(C#N)c3)c2C(F)(F)F)ccc1=O. The Balaban J connectivity index is 1.71. The summed E-state index contributed by atoms with van der Waals surface area (Å²) in [6, 6.07) is 5.44. The maximum atomic E-state index is 13.9. The molecule has 0 unspecified atom stereocenters. The number of carbonyl (C=O) groups excluding carboxylic acids is 1. The number of amides is 1. The van der Waals surface area contributed by atoms with Gasteiger partial charge in [-0.25, -0.2) is 4.98 Å². The summed E-state index contributed by atoms with van der Waals surface area (Å²) in [5.41, 5.74) is -2.08. The molecule has 0 aromatic carbocycles. The molecule has 4 aromatic rings. The number of pyridine rings is 2. The molecule has 4 heterocycles. The summed E-state index contributed by atoms with van der Waals surface area (Å²) >= 11 is 0.367. The number of hydrogen-bond acceptors (Lipinski definition) is 8. The summed E-state index contributed by atoms with van der Waals surface area (Å²) < 4.78 is 46.6. The zero-order chi connectivity index (χ0) is 23.8. The summed E-state index contributed by atoms with van der Waals surface area (Å²) in [5.74, 6) is -0.988. The van der Waals surface area contributed by atoms with E-state index in [2.05, 4.69) is 24.9 Å². The van der Waals surface area contributed by atoms with Crippen molar-refractivity contribution in [2.75, 3.05) is 5.32 Å². The van der Waals surface area contributed by atoms with Gasteiger partial charge in [-0.2, -0.15) is 33.0 Å². The first kappa shape index (κ1) is 21.8. The first-order valence-corrected chi connectivity index (χ1v) is 9.78. The number of aromatic nitrogens is 6. The highest BCUT2D eigenvalue weighted by Gasteiger charge is 2.41. The molecule has 1 amide bonds. The zero-order valence-corrected chi connectivity index (χ0v) is 17.3. The summed E-state index contributed by atoms with van der Waals surface area (Å²) in [7, 11) is 1.39. The van der Waals surface area contributed by atoms with Gasteiger partial charge in [0.15, 0.2) is 5.82 Å². The smallest absolute Gasteiger partial charge is 0.320 e. The van der Waals surface area contributed by atoms with E-state index in [0.717, 1.165) is 15.4 Å². The van der Waals surface area contributed by atoms with Gasteiger partial charge < -0.3 is 9.88 Å². The lowest BCUT2D eigenvalue weighted by molar-refractivity contribution is -0.137. The molecule has 33 heavy (non-hydrogen) atoms. The Bertz CT molecular complexity index is 1450. The average molecular weight is 472 g/mol. The van der Waals surface area contributed by atoms with Crippen molar-refractivity contribution in [2.24, 2.45) is 7.05 Å². The van der Waals surface area contributed by atoms with Crippen LogP contribution in [0.15, 0.2) is 47.8 Å². The van der Waals surface area contributed by atoms with Gasteiger partial charge in [0, 0.05) is 24.9 Å². The van der Waals surface area contributed by atoms with Crippen LogP contribution in [-0.4, -0.2) is 34.8 Å². The second kappa shape index (κ2) is 8.28. The van der Waals surface area contributed by atoms with Crippen LogP contribution in [0, 0.1) is 11.3 Å². The Morgan fingerprint density at radius 2 is 1.97 bits per heavy atom. The zero-order valence-electron chi connectivity index (χ0n) is 16.5. The molecule has 0 saturated carbocycles. The molecule has 1 N–H and O–H groups in total. The van der Waals surface area contributed by atoms with E-state index in [1.165, 1.54) is 44.0 Å². The molecule has 0 radical (unpaired) electrons. The Labute approximate surface area is 186 Å². The second-order valence-electron chi connectivity index (χ2n) is 6.58. The minimum Gasteiger partial charge on any atom is -0.320 e. The van der Waals surface area contributed by atoms with Gasteiger partial charge in [-0.05, 0) is 23.7 Å². The van der Waals surface area contributed by atoms with E-state index in [1.807, 2.05) is 6.07 Å². The molecular weight excluding hydrogens is 461 g/mol. The molecule has 166 valence electrons. The van der Waals surface area contributed by atoms with E-state index in [-0.39, 0.29) is 22.6 Å². The van der Waals surface area contributed by atoms with Gasteiger partial charge in [-0.1, -0.05) is 0 Å². The normalized spacial score (nSPS) is 11.2. The van der Waals surface area contributed by atoms with E-state index in [1.54, 1.807) is 0 Å². The number of carbonyl (C=O) groups is 1. The topological polar surface area (TPSA) is 131 Å². The van der Waals surface area contributed by atoms with Gasteiger partial charge in [-0.3, -0.25) is 9.59 Å². The maximum Gasteiger partial charge on any atom is 0.420 e. The molecule has 0 bridgehead atoms. The number of nitrogens with zero attached hydrogens (tertiary/aromatic N) is 7. The number of alkyl halides is 3. The van der Waals surface area contributed by atoms with Crippen LogP contribution in [0.2, 0.25) is 0 Å².